The van der Waals surface area contributed by atoms with Crippen LogP contribution in [0.15, 0.2) is 17.0 Å². The van der Waals surface area contributed by atoms with Gasteiger partial charge in [0.05, 0.1) is 7.11 Å². The number of halogens is 3. The predicted molar refractivity (Wildman–Crippen MR) is 51.0 cm³/mol. The zero-order valence-electron chi connectivity index (χ0n) is 6.92. The summed E-state index contributed by atoms with van der Waals surface area (Å²) in [6, 6.07) is 2.21. The van der Waals surface area contributed by atoms with Crippen molar-refractivity contribution in [1.82, 2.24) is 0 Å². The molecule has 7 heteroatoms. The fraction of sp³-hybridized carbons (Fsp3) is 0.143. The van der Waals surface area contributed by atoms with Crippen LogP contribution < -0.4 is 4.74 Å². The molecule has 0 unspecified atom stereocenters. The molecule has 3 nitrogen and oxygen atoms in total. The maximum atomic E-state index is 13.3. The summed E-state index contributed by atoms with van der Waals surface area (Å²) in [6.07, 6.45) is 0. The molecule has 0 aromatic heterocycles. The van der Waals surface area contributed by atoms with E-state index in [2.05, 4.69) is 4.74 Å². The van der Waals surface area contributed by atoms with Crippen molar-refractivity contribution in [3.63, 3.8) is 0 Å². The number of methoxy groups -OCH3 is 1. The number of hydrogen-bond acceptors (Lipinski definition) is 3. The van der Waals surface area contributed by atoms with Gasteiger partial charge in [-0.1, -0.05) is 11.6 Å². The Hall–Kier alpha value is -0.520. The third kappa shape index (κ3) is 2.10. The molecule has 0 fully saturated rings. The first-order valence-electron chi connectivity index (χ1n) is 3.34. The van der Waals surface area contributed by atoms with Crippen LogP contribution in [0.25, 0.3) is 0 Å². The third-order valence-corrected chi connectivity index (χ3v) is 3.19. The van der Waals surface area contributed by atoms with Crippen molar-refractivity contribution in [2.75, 3.05) is 7.11 Å². The van der Waals surface area contributed by atoms with Gasteiger partial charge in [-0.15, -0.1) is 0 Å². The van der Waals surface area contributed by atoms with Crippen LogP contribution in [0.3, 0.4) is 0 Å². The van der Waals surface area contributed by atoms with Gasteiger partial charge in [-0.3, -0.25) is 0 Å². The lowest BCUT2D eigenvalue weighted by Gasteiger charge is -2.05. The number of hydrogen-bond donors (Lipinski definition) is 0. The summed E-state index contributed by atoms with van der Waals surface area (Å²) in [5.74, 6) is -1.06. The zero-order chi connectivity index (χ0) is 10.9. The highest BCUT2D eigenvalue weighted by molar-refractivity contribution is 8.13. The molecule has 0 bridgehead atoms. The molecule has 0 saturated heterocycles. The van der Waals surface area contributed by atoms with E-state index in [0.29, 0.717) is 0 Å². The largest absolute Gasteiger partial charge is 0.495 e. The quantitative estimate of drug-likeness (QED) is 0.766. The summed E-state index contributed by atoms with van der Waals surface area (Å²) in [7, 11) is 2.13. The molecule has 0 atom stereocenters. The Morgan fingerprint density at radius 1 is 1.43 bits per heavy atom. The lowest BCUT2D eigenvalue weighted by atomic mass is 10.3. The summed E-state index contributed by atoms with van der Waals surface area (Å²) in [5.41, 5.74) is 0. The van der Waals surface area contributed by atoms with Crippen molar-refractivity contribution in [3.05, 3.63) is 23.0 Å². The lowest BCUT2D eigenvalue weighted by Crippen LogP contribution is -1.97. The van der Waals surface area contributed by atoms with Crippen LogP contribution in [0, 0.1) is 5.82 Å². The smallest absolute Gasteiger partial charge is 0.264 e. The van der Waals surface area contributed by atoms with Crippen LogP contribution in [-0.2, 0) is 9.05 Å². The lowest BCUT2D eigenvalue weighted by molar-refractivity contribution is 0.410. The summed E-state index contributed by atoms with van der Waals surface area (Å²) in [4.78, 5) is -0.662. The predicted octanol–water partition coefficient (Wildman–Crippen LogP) is 2.42. The van der Waals surface area contributed by atoms with Crippen LogP contribution in [0.1, 0.15) is 0 Å². The number of ether oxygens (including phenoxy) is 1. The van der Waals surface area contributed by atoms with Crippen molar-refractivity contribution in [1.29, 1.82) is 0 Å². The average Bonchev–Trinajstić information content (AvgIpc) is 2.07. The van der Waals surface area contributed by atoms with Crippen molar-refractivity contribution in [3.8, 4) is 5.75 Å². The first-order valence-corrected chi connectivity index (χ1v) is 6.03. The monoisotopic (exact) mass is 258 g/mol. The van der Waals surface area contributed by atoms with Crippen LogP contribution in [-0.4, -0.2) is 15.5 Å². The Bertz CT molecular complexity index is 458. The fourth-order valence-corrected chi connectivity index (χ4v) is 2.06. The molecule has 0 saturated carbocycles. The van der Waals surface area contributed by atoms with Gasteiger partial charge in [0.2, 0.25) is 0 Å². The Morgan fingerprint density at radius 2 is 2.00 bits per heavy atom. The van der Waals surface area contributed by atoms with Crippen molar-refractivity contribution >= 4 is 31.3 Å². The Balaban J connectivity index is 3.47. The third-order valence-electron chi connectivity index (χ3n) is 1.49. The van der Waals surface area contributed by atoms with E-state index in [-0.39, 0.29) is 5.75 Å². The molecule has 14 heavy (non-hydrogen) atoms. The summed E-state index contributed by atoms with van der Waals surface area (Å²) in [5, 5.41) is -0.408. The van der Waals surface area contributed by atoms with Gasteiger partial charge in [-0.2, -0.15) is 0 Å². The van der Waals surface area contributed by atoms with Gasteiger partial charge in [0, 0.05) is 10.7 Å². The molecule has 0 amide bonds. The second-order valence-electron chi connectivity index (χ2n) is 2.33. The highest BCUT2D eigenvalue weighted by atomic mass is 35.7. The first-order chi connectivity index (χ1) is 6.38. The van der Waals surface area contributed by atoms with Crippen molar-refractivity contribution in [2.45, 2.75) is 4.90 Å². The van der Waals surface area contributed by atoms with Gasteiger partial charge < -0.3 is 4.74 Å². The second-order valence-corrected chi connectivity index (χ2v) is 5.24. The molecular weight excluding hydrogens is 254 g/mol. The molecule has 78 valence electrons. The first kappa shape index (κ1) is 11.6. The van der Waals surface area contributed by atoms with Crippen LogP contribution >= 0.6 is 22.3 Å². The van der Waals surface area contributed by atoms with E-state index in [4.69, 9.17) is 22.3 Å². The Labute approximate surface area is 89.8 Å². The normalized spacial score (nSPS) is 11.4. The summed E-state index contributed by atoms with van der Waals surface area (Å²) >= 11 is 5.48. The highest BCUT2D eigenvalue weighted by Crippen LogP contribution is 2.32. The van der Waals surface area contributed by atoms with E-state index in [0.717, 1.165) is 6.07 Å². The van der Waals surface area contributed by atoms with Gasteiger partial charge in [-0.25, -0.2) is 12.8 Å². The zero-order valence-corrected chi connectivity index (χ0v) is 9.25. The Kier molecular flexibility index (Phi) is 3.24. The van der Waals surface area contributed by atoms with Gasteiger partial charge in [-0.05, 0) is 12.1 Å². The Morgan fingerprint density at radius 3 is 2.43 bits per heavy atom. The topological polar surface area (TPSA) is 43.4 Å². The molecule has 0 N–H and O–H groups in total. The molecule has 0 radical (unpaired) electrons. The van der Waals surface area contributed by atoms with Gasteiger partial charge >= 0.3 is 0 Å². The molecule has 0 aliphatic heterocycles. The molecule has 0 spiro atoms. The molecule has 1 rings (SSSR count). The van der Waals surface area contributed by atoms with E-state index >= 15 is 0 Å². The number of rotatable bonds is 2. The van der Waals surface area contributed by atoms with Crippen LogP contribution in [0.4, 0.5) is 4.39 Å². The van der Waals surface area contributed by atoms with Gasteiger partial charge in [0.25, 0.3) is 9.05 Å². The van der Waals surface area contributed by atoms with E-state index in [1.54, 1.807) is 0 Å². The SMILES string of the molecule is COc1ccc(S(=O)(=O)Cl)c(F)c1Cl. The van der Waals surface area contributed by atoms with Crippen LogP contribution in [0.5, 0.6) is 5.75 Å². The standard InChI is InChI=1S/C7H5Cl2FO3S/c1-13-4-2-3-5(14(9,11)12)7(10)6(4)8/h2-3H,1H3. The maximum Gasteiger partial charge on any atom is 0.264 e. The van der Waals surface area contributed by atoms with E-state index < -0.39 is 24.8 Å². The van der Waals surface area contributed by atoms with Crippen LogP contribution in [0.2, 0.25) is 5.02 Å². The fourth-order valence-electron chi connectivity index (χ4n) is 0.860. The van der Waals surface area contributed by atoms with Gasteiger partial charge in [0.15, 0.2) is 5.82 Å². The molecule has 0 aliphatic rings. The van der Waals surface area contributed by atoms with Crippen molar-refractivity contribution < 1.29 is 17.5 Å². The summed E-state index contributed by atoms with van der Waals surface area (Å²) < 4.78 is 39.6. The average molecular weight is 259 g/mol. The number of benzene rings is 1. The molecular formula is C7H5Cl2FO3S. The molecule has 1 aromatic rings. The molecule has 0 aliphatic carbocycles. The second kappa shape index (κ2) is 3.92. The van der Waals surface area contributed by atoms with E-state index in [9.17, 15) is 12.8 Å². The molecule has 0 heterocycles. The summed E-state index contributed by atoms with van der Waals surface area (Å²) in [6.45, 7) is 0. The maximum absolute atomic E-state index is 13.3. The van der Waals surface area contributed by atoms with E-state index in [1.807, 2.05) is 0 Å². The molecule has 1 aromatic carbocycles. The minimum Gasteiger partial charge on any atom is -0.495 e. The minimum absolute atomic E-state index is 0.0493. The van der Waals surface area contributed by atoms with Crippen molar-refractivity contribution in [2.24, 2.45) is 0 Å². The highest BCUT2D eigenvalue weighted by Gasteiger charge is 2.20. The van der Waals surface area contributed by atoms with E-state index in [1.165, 1.54) is 13.2 Å². The van der Waals surface area contributed by atoms with Gasteiger partial charge in [0.1, 0.15) is 15.7 Å². The minimum atomic E-state index is -4.12.